The lowest BCUT2D eigenvalue weighted by molar-refractivity contribution is -0.383. The molecule has 0 saturated heterocycles. The Kier molecular flexibility index (Phi) is 5.83. The van der Waals surface area contributed by atoms with Crippen molar-refractivity contribution in [1.29, 1.82) is 0 Å². The largest absolute Gasteiger partial charge is 0.462 e. The molecule has 1 heterocycles. The number of nitrogens with zero attached hydrogens (tertiary/aromatic N) is 3. The number of nitro groups is 1. The van der Waals surface area contributed by atoms with Gasteiger partial charge in [0.25, 0.3) is 0 Å². The van der Waals surface area contributed by atoms with E-state index in [-0.39, 0.29) is 35.5 Å². The normalized spacial score (nSPS) is 10.4. The summed E-state index contributed by atoms with van der Waals surface area (Å²) in [5.74, 6) is -0.436. The number of aromatic nitrogens is 2. The van der Waals surface area contributed by atoms with Crippen LogP contribution in [0.1, 0.15) is 31.1 Å². The Morgan fingerprint density at radius 2 is 1.96 bits per heavy atom. The fraction of sp³-hybridized carbons (Fsp3) is 0.312. The van der Waals surface area contributed by atoms with E-state index in [1.54, 1.807) is 31.2 Å². The topological polar surface area (TPSA) is 119 Å². The zero-order valence-electron chi connectivity index (χ0n) is 14.1. The summed E-state index contributed by atoms with van der Waals surface area (Å²) in [6.45, 7) is 5.61. The van der Waals surface area contributed by atoms with E-state index in [2.05, 4.69) is 20.6 Å². The van der Waals surface area contributed by atoms with Gasteiger partial charge in [-0.05, 0) is 32.9 Å². The molecule has 0 unspecified atom stereocenters. The van der Waals surface area contributed by atoms with E-state index < -0.39 is 10.9 Å². The van der Waals surface area contributed by atoms with Crippen LogP contribution in [0.4, 0.5) is 23.0 Å². The molecule has 1 aromatic carbocycles. The second-order valence-electron chi connectivity index (χ2n) is 5.37. The molecule has 0 amide bonds. The van der Waals surface area contributed by atoms with Gasteiger partial charge in [0.1, 0.15) is 6.33 Å². The Morgan fingerprint density at radius 1 is 1.28 bits per heavy atom. The van der Waals surface area contributed by atoms with Crippen LogP contribution in [0.3, 0.4) is 0 Å². The van der Waals surface area contributed by atoms with Crippen LogP contribution >= 0.6 is 0 Å². The quantitative estimate of drug-likeness (QED) is 0.446. The molecule has 2 N–H and O–H groups in total. The minimum absolute atomic E-state index is 0.0140. The van der Waals surface area contributed by atoms with Gasteiger partial charge in [0.2, 0.25) is 11.6 Å². The monoisotopic (exact) mass is 345 g/mol. The fourth-order valence-corrected chi connectivity index (χ4v) is 2.13. The minimum atomic E-state index is -0.569. The van der Waals surface area contributed by atoms with Crippen molar-refractivity contribution < 1.29 is 14.5 Å². The summed E-state index contributed by atoms with van der Waals surface area (Å²) in [5, 5.41) is 17.2. The highest BCUT2D eigenvalue weighted by atomic mass is 16.6. The summed E-state index contributed by atoms with van der Waals surface area (Å²) < 4.78 is 5.00. The highest BCUT2D eigenvalue weighted by Gasteiger charge is 2.24. The Labute approximate surface area is 144 Å². The van der Waals surface area contributed by atoms with Gasteiger partial charge in [0, 0.05) is 6.04 Å². The molecule has 0 aliphatic heterocycles. The van der Waals surface area contributed by atoms with Crippen LogP contribution in [0.25, 0.3) is 0 Å². The number of carbonyl (C=O) groups is 1. The van der Waals surface area contributed by atoms with Crippen molar-refractivity contribution in [2.45, 2.75) is 26.8 Å². The van der Waals surface area contributed by atoms with Gasteiger partial charge >= 0.3 is 11.7 Å². The summed E-state index contributed by atoms with van der Waals surface area (Å²) >= 11 is 0. The predicted octanol–water partition coefficient (Wildman–Crippen LogP) is 3.13. The molecule has 2 rings (SSSR count). The number of carbonyl (C=O) groups excluding carboxylic acids is 1. The summed E-state index contributed by atoms with van der Waals surface area (Å²) in [5.41, 5.74) is 0.323. The van der Waals surface area contributed by atoms with Crippen molar-refractivity contribution in [3.05, 3.63) is 46.3 Å². The van der Waals surface area contributed by atoms with E-state index in [1.807, 2.05) is 13.8 Å². The van der Waals surface area contributed by atoms with Crippen molar-refractivity contribution in [1.82, 2.24) is 9.97 Å². The first-order valence-corrected chi connectivity index (χ1v) is 7.73. The van der Waals surface area contributed by atoms with Crippen LogP contribution in [0.2, 0.25) is 0 Å². The van der Waals surface area contributed by atoms with E-state index in [0.29, 0.717) is 5.69 Å². The highest BCUT2D eigenvalue weighted by molar-refractivity contribution is 5.96. The molecule has 0 aliphatic carbocycles. The van der Waals surface area contributed by atoms with Crippen LogP contribution in [0, 0.1) is 10.1 Å². The van der Waals surface area contributed by atoms with Gasteiger partial charge in [-0.1, -0.05) is 12.1 Å². The van der Waals surface area contributed by atoms with Gasteiger partial charge in [-0.15, -0.1) is 0 Å². The highest BCUT2D eigenvalue weighted by Crippen LogP contribution is 2.32. The number of para-hydroxylation sites is 1. The van der Waals surface area contributed by atoms with E-state index in [4.69, 9.17) is 4.74 Å². The maximum atomic E-state index is 12.0. The van der Waals surface area contributed by atoms with Gasteiger partial charge in [-0.25, -0.2) is 14.8 Å². The van der Waals surface area contributed by atoms with Crippen LogP contribution < -0.4 is 10.6 Å². The Balaban J connectivity index is 2.44. The predicted molar refractivity (Wildman–Crippen MR) is 93.1 cm³/mol. The number of benzene rings is 1. The average Bonchev–Trinajstić information content (AvgIpc) is 2.55. The number of nitrogens with one attached hydrogen (secondary N) is 2. The molecule has 132 valence electrons. The SMILES string of the molecule is CCOC(=O)c1ccccc1Nc1ncnc(NC(C)C)c1[N+](=O)[O-]. The Morgan fingerprint density at radius 3 is 2.60 bits per heavy atom. The lowest BCUT2D eigenvalue weighted by Crippen LogP contribution is -2.14. The van der Waals surface area contributed by atoms with Crippen molar-refractivity contribution in [2.24, 2.45) is 0 Å². The third-order valence-electron chi connectivity index (χ3n) is 3.11. The fourth-order valence-electron chi connectivity index (χ4n) is 2.13. The maximum Gasteiger partial charge on any atom is 0.353 e. The smallest absolute Gasteiger partial charge is 0.353 e. The zero-order valence-corrected chi connectivity index (χ0v) is 14.1. The third-order valence-corrected chi connectivity index (χ3v) is 3.11. The van der Waals surface area contributed by atoms with E-state index in [1.165, 1.54) is 6.33 Å². The number of esters is 1. The summed E-state index contributed by atoms with van der Waals surface area (Å²) in [6, 6.07) is 6.52. The van der Waals surface area contributed by atoms with Crippen LogP contribution in [0.5, 0.6) is 0 Å². The molecule has 0 fully saturated rings. The standard InChI is InChI=1S/C16H19N5O4/c1-4-25-16(22)11-7-5-6-8-12(11)20-15-13(21(23)24)14(17-9-18-15)19-10(2)3/h5-10H,4H2,1-3H3,(H2,17,18,19,20). The lowest BCUT2D eigenvalue weighted by Gasteiger charge is -2.13. The van der Waals surface area contributed by atoms with Gasteiger partial charge in [-0.2, -0.15) is 0 Å². The molecule has 0 saturated carbocycles. The molecular formula is C16H19N5O4. The molecule has 0 spiro atoms. The molecule has 0 atom stereocenters. The van der Waals surface area contributed by atoms with Crippen molar-refractivity contribution in [3.8, 4) is 0 Å². The van der Waals surface area contributed by atoms with E-state index >= 15 is 0 Å². The summed E-state index contributed by atoms with van der Waals surface area (Å²) in [6.07, 6.45) is 1.22. The number of anilines is 3. The number of rotatable bonds is 7. The van der Waals surface area contributed by atoms with E-state index in [9.17, 15) is 14.9 Å². The molecule has 25 heavy (non-hydrogen) atoms. The minimum Gasteiger partial charge on any atom is -0.462 e. The zero-order chi connectivity index (χ0) is 18.4. The van der Waals surface area contributed by atoms with Gasteiger partial charge in [-0.3, -0.25) is 10.1 Å². The van der Waals surface area contributed by atoms with Crippen molar-refractivity contribution >= 4 is 29.0 Å². The summed E-state index contributed by atoms with van der Waals surface area (Å²) in [7, 11) is 0. The third kappa shape index (κ3) is 4.40. The van der Waals surface area contributed by atoms with E-state index in [0.717, 1.165) is 0 Å². The van der Waals surface area contributed by atoms with Gasteiger partial charge in [0.15, 0.2) is 0 Å². The van der Waals surface area contributed by atoms with Crippen LogP contribution in [-0.4, -0.2) is 33.5 Å². The molecule has 2 aromatic rings. The Bertz CT molecular complexity index is 779. The molecular weight excluding hydrogens is 326 g/mol. The van der Waals surface area contributed by atoms with Crippen LogP contribution in [-0.2, 0) is 4.74 Å². The molecule has 9 heteroatoms. The second-order valence-corrected chi connectivity index (χ2v) is 5.37. The first-order valence-electron chi connectivity index (χ1n) is 7.73. The molecule has 9 nitrogen and oxygen atoms in total. The first-order chi connectivity index (χ1) is 11.9. The van der Waals surface area contributed by atoms with Crippen molar-refractivity contribution in [3.63, 3.8) is 0 Å². The van der Waals surface area contributed by atoms with Gasteiger partial charge < -0.3 is 15.4 Å². The Hall–Kier alpha value is -3.23. The maximum absolute atomic E-state index is 12.0. The first kappa shape index (κ1) is 18.1. The summed E-state index contributed by atoms with van der Waals surface area (Å²) in [4.78, 5) is 30.9. The number of hydrogen-bond acceptors (Lipinski definition) is 8. The number of hydrogen-bond donors (Lipinski definition) is 2. The lowest BCUT2D eigenvalue weighted by atomic mass is 10.2. The second kappa shape index (κ2) is 8.04. The number of ether oxygens (including phenoxy) is 1. The van der Waals surface area contributed by atoms with Crippen LogP contribution in [0.15, 0.2) is 30.6 Å². The molecule has 1 aromatic heterocycles. The molecule has 0 aliphatic rings. The van der Waals surface area contributed by atoms with Crippen molar-refractivity contribution in [2.75, 3.05) is 17.2 Å². The molecule has 0 bridgehead atoms. The average molecular weight is 345 g/mol. The van der Waals surface area contributed by atoms with Gasteiger partial charge in [0.05, 0.1) is 22.8 Å². The molecule has 0 radical (unpaired) electrons.